The molecule has 0 bridgehead atoms. The number of ether oxygens (including phenoxy) is 1. The van der Waals surface area contributed by atoms with Gasteiger partial charge in [-0.15, -0.1) is 0 Å². The molecule has 0 spiro atoms. The summed E-state index contributed by atoms with van der Waals surface area (Å²) in [6.07, 6.45) is 1.99. The molecule has 4 heteroatoms. The molecule has 0 aromatic carbocycles. The van der Waals surface area contributed by atoms with Gasteiger partial charge in [0.1, 0.15) is 5.60 Å². The number of fused-ring (bicyclic) bond motifs is 1. The number of hydrogen-bond donors (Lipinski definition) is 1. The van der Waals surface area contributed by atoms with E-state index in [9.17, 15) is 4.79 Å². The predicted octanol–water partition coefficient (Wildman–Crippen LogP) is 1.59. The summed E-state index contributed by atoms with van der Waals surface area (Å²) in [4.78, 5) is 13.8. The minimum Gasteiger partial charge on any atom is -0.444 e. The molecule has 2 N–H and O–H groups in total. The molecule has 1 aliphatic carbocycles. The van der Waals surface area contributed by atoms with Crippen LogP contribution in [0.2, 0.25) is 0 Å². The van der Waals surface area contributed by atoms with Crippen molar-refractivity contribution in [2.75, 3.05) is 13.1 Å². The van der Waals surface area contributed by atoms with Gasteiger partial charge in [0, 0.05) is 12.6 Å². The van der Waals surface area contributed by atoms with E-state index in [0.29, 0.717) is 17.9 Å². The van der Waals surface area contributed by atoms with Gasteiger partial charge in [0.05, 0.1) is 0 Å². The third-order valence-electron chi connectivity index (χ3n) is 3.68. The topological polar surface area (TPSA) is 55.6 Å². The van der Waals surface area contributed by atoms with Gasteiger partial charge >= 0.3 is 6.09 Å². The Bertz CT molecular complexity index is 285. The van der Waals surface area contributed by atoms with Crippen molar-refractivity contribution >= 4 is 6.09 Å². The molecule has 2 fully saturated rings. The molecular formula is C12H22N2O2. The quantitative estimate of drug-likeness (QED) is 0.738. The highest BCUT2D eigenvalue weighted by atomic mass is 16.6. The Morgan fingerprint density at radius 2 is 2.19 bits per heavy atom. The van der Waals surface area contributed by atoms with Crippen LogP contribution in [0.3, 0.4) is 0 Å². The second kappa shape index (κ2) is 3.91. The van der Waals surface area contributed by atoms with Crippen molar-refractivity contribution in [2.24, 2.45) is 17.6 Å². The summed E-state index contributed by atoms with van der Waals surface area (Å²) in [6.45, 7) is 7.30. The maximum Gasteiger partial charge on any atom is 0.410 e. The van der Waals surface area contributed by atoms with E-state index in [2.05, 4.69) is 0 Å². The van der Waals surface area contributed by atoms with Gasteiger partial charge in [-0.25, -0.2) is 4.79 Å². The van der Waals surface area contributed by atoms with E-state index in [1.54, 1.807) is 0 Å². The Morgan fingerprint density at radius 3 is 2.75 bits per heavy atom. The number of carbonyl (C=O) groups excluding carboxylic acids is 1. The second-order valence-corrected chi connectivity index (χ2v) is 5.93. The standard InChI is InChI=1S/C12H22N2O2/c1-12(2,3)16-11(15)14-5-4-9-8(7-13)6-10(9)14/h8-10H,4-7,13H2,1-3H3/t8-,9-,10+/m1/s1. The van der Waals surface area contributed by atoms with Gasteiger partial charge in [0.25, 0.3) is 0 Å². The lowest BCUT2D eigenvalue weighted by Gasteiger charge is -2.43. The zero-order chi connectivity index (χ0) is 11.9. The van der Waals surface area contributed by atoms with Crippen LogP contribution in [-0.2, 0) is 4.74 Å². The molecule has 16 heavy (non-hydrogen) atoms. The first-order chi connectivity index (χ1) is 7.42. The minimum atomic E-state index is -0.397. The fraction of sp³-hybridized carbons (Fsp3) is 0.917. The first-order valence-corrected chi connectivity index (χ1v) is 6.12. The third-order valence-corrected chi connectivity index (χ3v) is 3.68. The van der Waals surface area contributed by atoms with Crippen LogP contribution in [0.1, 0.15) is 33.6 Å². The Labute approximate surface area is 97.1 Å². The van der Waals surface area contributed by atoms with Crippen LogP contribution in [0.5, 0.6) is 0 Å². The molecular weight excluding hydrogens is 204 g/mol. The van der Waals surface area contributed by atoms with E-state index in [1.807, 2.05) is 25.7 Å². The van der Waals surface area contributed by atoms with Gasteiger partial charge in [-0.05, 0) is 52.0 Å². The number of nitrogens with zero attached hydrogens (tertiary/aromatic N) is 1. The molecule has 0 aromatic rings. The lowest BCUT2D eigenvalue weighted by Crippen LogP contribution is -2.51. The number of hydrogen-bond acceptors (Lipinski definition) is 3. The average molecular weight is 226 g/mol. The molecule has 1 amide bonds. The fourth-order valence-electron chi connectivity index (χ4n) is 2.84. The molecule has 0 unspecified atom stereocenters. The molecule has 92 valence electrons. The summed E-state index contributed by atoms with van der Waals surface area (Å²) in [5, 5.41) is 0. The van der Waals surface area contributed by atoms with Crippen molar-refractivity contribution in [1.82, 2.24) is 4.90 Å². The second-order valence-electron chi connectivity index (χ2n) is 5.93. The Kier molecular flexibility index (Phi) is 2.86. The van der Waals surface area contributed by atoms with Gasteiger partial charge in [0.2, 0.25) is 0 Å². The Balaban J connectivity index is 1.91. The molecule has 1 heterocycles. The molecule has 2 aliphatic rings. The summed E-state index contributed by atoms with van der Waals surface area (Å²) in [5.74, 6) is 1.25. The van der Waals surface area contributed by atoms with Gasteiger partial charge in [0.15, 0.2) is 0 Å². The smallest absolute Gasteiger partial charge is 0.410 e. The van der Waals surface area contributed by atoms with E-state index in [4.69, 9.17) is 10.5 Å². The van der Waals surface area contributed by atoms with Crippen LogP contribution in [-0.4, -0.2) is 35.7 Å². The lowest BCUT2D eigenvalue weighted by atomic mass is 9.70. The molecule has 1 aliphatic heterocycles. The average Bonchev–Trinajstić information content (AvgIpc) is 2.41. The zero-order valence-corrected chi connectivity index (χ0v) is 10.4. The van der Waals surface area contributed by atoms with Gasteiger partial charge in [-0.2, -0.15) is 0 Å². The number of rotatable bonds is 1. The van der Waals surface area contributed by atoms with Crippen LogP contribution in [0.25, 0.3) is 0 Å². The third kappa shape index (κ3) is 2.03. The van der Waals surface area contributed by atoms with Crippen molar-refractivity contribution in [3.05, 3.63) is 0 Å². The van der Waals surface area contributed by atoms with Gasteiger partial charge in [-0.1, -0.05) is 0 Å². The molecule has 3 atom stereocenters. The summed E-state index contributed by atoms with van der Waals surface area (Å²) in [6, 6.07) is 0.392. The SMILES string of the molecule is CC(C)(C)OC(=O)N1CC[C@@H]2[C@@H](CN)C[C@@H]21. The molecule has 1 saturated carbocycles. The van der Waals surface area contributed by atoms with E-state index < -0.39 is 5.60 Å². The van der Waals surface area contributed by atoms with E-state index >= 15 is 0 Å². The van der Waals surface area contributed by atoms with Crippen LogP contribution in [0.4, 0.5) is 4.79 Å². The highest BCUT2D eigenvalue weighted by Crippen LogP contribution is 2.45. The molecule has 0 aromatic heterocycles. The minimum absolute atomic E-state index is 0.157. The van der Waals surface area contributed by atoms with Crippen molar-refractivity contribution in [1.29, 1.82) is 0 Å². The largest absolute Gasteiger partial charge is 0.444 e. The van der Waals surface area contributed by atoms with Crippen molar-refractivity contribution in [3.8, 4) is 0 Å². The highest BCUT2D eigenvalue weighted by molar-refractivity contribution is 5.69. The first kappa shape index (κ1) is 11.7. The van der Waals surface area contributed by atoms with Crippen LogP contribution in [0.15, 0.2) is 0 Å². The normalized spacial score (nSPS) is 33.2. The molecule has 0 radical (unpaired) electrons. The monoisotopic (exact) mass is 226 g/mol. The summed E-state index contributed by atoms with van der Waals surface area (Å²) in [7, 11) is 0. The van der Waals surface area contributed by atoms with E-state index in [-0.39, 0.29) is 6.09 Å². The fourth-order valence-corrected chi connectivity index (χ4v) is 2.84. The lowest BCUT2D eigenvalue weighted by molar-refractivity contribution is 0.00379. The van der Waals surface area contributed by atoms with Crippen LogP contribution < -0.4 is 5.73 Å². The maximum atomic E-state index is 11.9. The van der Waals surface area contributed by atoms with E-state index in [0.717, 1.165) is 25.9 Å². The van der Waals surface area contributed by atoms with E-state index in [1.165, 1.54) is 0 Å². The van der Waals surface area contributed by atoms with Crippen LogP contribution >= 0.6 is 0 Å². The Hall–Kier alpha value is -0.770. The number of amides is 1. The highest BCUT2D eigenvalue weighted by Gasteiger charge is 2.49. The summed E-state index contributed by atoms with van der Waals surface area (Å²) >= 11 is 0. The zero-order valence-electron chi connectivity index (χ0n) is 10.4. The Morgan fingerprint density at radius 1 is 1.50 bits per heavy atom. The molecule has 1 saturated heterocycles. The summed E-state index contributed by atoms with van der Waals surface area (Å²) in [5.41, 5.74) is 5.28. The molecule has 4 nitrogen and oxygen atoms in total. The first-order valence-electron chi connectivity index (χ1n) is 6.12. The van der Waals surface area contributed by atoms with Gasteiger partial charge < -0.3 is 15.4 Å². The van der Waals surface area contributed by atoms with Crippen molar-refractivity contribution in [3.63, 3.8) is 0 Å². The van der Waals surface area contributed by atoms with Crippen molar-refractivity contribution < 1.29 is 9.53 Å². The molecule has 2 rings (SSSR count). The predicted molar refractivity (Wildman–Crippen MR) is 62.0 cm³/mol. The number of nitrogens with two attached hydrogens (primary N) is 1. The van der Waals surface area contributed by atoms with Gasteiger partial charge in [-0.3, -0.25) is 0 Å². The maximum absolute atomic E-state index is 11.9. The summed E-state index contributed by atoms with van der Waals surface area (Å²) < 4.78 is 5.40. The number of carbonyl (C=O) groups is 1. The number of likely N-dealkylation sites (tertiary alicyclic amines) is 1. The van der Waals surface area contributed by atoms with Crippen molar-refractivity contribution in [2.45, 2.75) is 45.3 Å². The van der Waals surface area contributed by atoms with Crippen LogP contribution in [0, 0.1) is 11.8 Å².